The minimum absolute atomic E-state index is 0.109. The van der Waals surface area contributed by atoms with Crippen molar-refractivity contribution in [2.45, 2.75) is 25.8 Å². The average molecular weight is 426 g/mol. The average Bonchev–Trinajstić information content (AvgIpc) is 3.23. The van der Waals surface area contributed by atoms with Crippen LogP contribution < -0.4 is 10.1 Å². The highest BCUT2D eigenvalue weighted by molar-refractivity contribution is 6.03. The molecule has 0 spiro atoms. The quantitative estimate of drug-likeness (QED) is 0.736. The molecule has 0 radical (unpaired) electrons. The lowest BCUT2D eigenvalue weighted by Gasteiger charge is -2.25. The second-order valence-electron chi connectivity index (χ2n) is 7.37. The lowest BCUT2D eigenvalue weighted by molar-refractivity contribution is -0.133. The molecule has 1 aliphatic heterocycles. The number of benzene rings is 2. The maximum Gasteiger partial charge on any atom is 0.317 e. The predicted octanol–water partition coefficient (Wildman–Crippen LogP) is 3.56. The molecule has 31 heavy (non-hydrogen) atoms. The maximum absolute atomic E-state index is 13.3. The third kappa shape index (κ3) is 5.39. The number of carbonyl (C=O) groups excluding carboxylic acids is 2. The van der Waals surface area contributed by atoms with Crippen LogP contribution in [0.4, 0.5) is 9.18 Å². The second-order valence-corrected chi connectivity index (χ2v) is 7.37. The van der Waals surface area contributed by atoms with Gasteiger partial charge in [0.15, 0.2) is 0 Å². The molecule has 1 heterocycles. The van der Waals surface area contributed by atoms with Crippen molar-refractivity contribution in [3.63, 3.8) is 0 Å². The summed E-state index contributed by atoms with van der Waals surface area (Å²) in [5.41, 5.74) is 2.34. The highest BCUT2D eigenvalue weighted by Crippen LogP contribution is 2.33. The molecular formula is C23H27FN4O3. The molecule has 0 aliphatic carbocycles. The summed E-state index contributed by atoms with van der Waals surface area (Å²) in [5, 5.41) is 8.73. The summed E-state index contributed by atoms with van der Waals surface area (Å²) in [4.78, 5) is 26.6. The van der Waals surface area contributed by atoms with E-state index in [1.165, 1.54) is 22.0 Å². The summed E-state index contributed by atoms with van der Waals surface area (Å²) in [6.07, 6.45) is 1.29. The predicted molar refractivity (Wildman–Crippen MR) is 116 cm³/mol. The zero-order valence-corrected chi connectivity index (χ0v) is 18.0. The Morgan fingerprint density at radius 2 is 1.87 bits per heavy atom. The van der Waals surface area contributed by atoms with Crippen LogP contribution in [0.1, 0.15) is 36.9 Å². The summed E-state index contributed by atoms with van der Waals surface area (Å²) in [6.45, 7) is 2.39. The summed E-state index contributed by atoms with van der Waals surface area (Å²) in [7, 11) is 3.17. The number of hydrogen-bond acceptors (Lipinski definition) is 4. The third-order valence-electron chi connectivity index (χ3n) is 5.09. The van der Waals surface area contributed by atoms with Crippen LogP contribution in [0.5, 0.6) is 5.75 Å². The van der Waals surface area contributed by atoms with E-state index in [1.54, 1.807) is 26.3 Å². The normalized spacial score (nSPS) is 15.4. The van der Waals surface area contributed by atoms with E-state index >= 15 is 0 Å². The van der Waals surface area contributed by atoms with Crippen LogP contribution in [0, 0.1) is 5.82 Å². The monoisotopic (exact) mass is 426 g/mol. The van der Waals surface area contributed by atoms with Crippen LogP contribution in [0.25, 0.3) is 0 Å². The molecule has 8 heteroatoms. The molecule has 1 N–H and O–H groups in total. The Labute approximate surface area is 181 Å². The number of carbonyl (C=O) groups is 2. The minimum Gasteiger partial charge on any atom is -0.497 e. The molecule has 3 amide bonds. The van der Waals surface area contributed by atoms with Gasteiger partial charge in [-0.05, 0) is 41.8 Å². The summed E-state index contributed by atoms with van der Waals surface area (Å²) in [5.74, 6) is 0.0837. The third-order valence-corrected chi connectivity index (χ3v) is 5.09. The van der Waals surface area contributed by atoms with Crippen molar-refractivity contribution in [3.05, 3.63) is 65.5 Å². The molecule has 0 saturated heterocycles. The van der Waals surface area contributed by atoms with Crippen molar-refractivity contribution in [2.24, 2.45) is 5.10 Å². The largest absolute Gasteiger partial charge is 0.497 e. The smallest absolute Gasteiger partial charge is 0.317 e. The fourth-order valence-electron chi connectivity index (χ4n) is 3.36. The van der Waals surface area contributed by atoms with Crippen LogP contribution in [0.3, 0.4) is 0 Å². The van der Waals surface area contributed by atoms with Crippen LogP contribution in [0.2, 0.25) is 0 Å². The van der Waals surface area contributed by atoms with Gasteiger partial charge in [-0.2, -0.15) is 5.10 Å². The Hall–Kier alpha value is -3.42. The van der Waals surface area contributed by atoms with E-state index in [0.717, 1.165) is 17.5 Å². The molecule has 3 rings (SSSR count). The van der Waals surface area contributed by atoms with Gasteiger partial charge in [0.25, 0.3) is 5.91 Å². The number of nitrogens with one attached hydrogen (secondary N) is 1. The van der Waals surface area contributed by atoms with E-state index in [9.17, 15) is 14.0 Å². The minimum atomic E-state index is -0.332. The number of amides is 3. The van der Waals surface area contributed by atoms with Crippen molar-refractivity contribution >= 4 is 17.6 Å². The zero-order valence-electron chi connectivity index (χ0n) is 18.0. The first-order chi connectivity index (χ1) is 14.9. The standard InChI is InChI=1S/C23H27FN4O3/c1-4-13-25-23(30)27(2)15-22(29)28-21(17-7-11-19(31-3)12-8-17)14-20(26-28)16-5-9-18(24)10-6-16/h5-12,21H,4,13-15H2,1-3H3,(H,25,30)/t21-/m0/s1. The molecule has 1 atom stereocenters. The van der Waals surface area contributed by atoms with Gasteiger partial charge in [-0.15, -0.1) is 0 Å². The van der Waals surface area contributed by atoms with Gasteiger partial charge in [0.05, 0.1) is 18.9 Å². The fourth-order valence-corrected chi connectivity index (χ4v) is 3.36. The highest BCUT2D eigenvalue weighted by Gasteiger charge is 2.34. The van der Waals surface area contributed by atoms with Gasteiger partial charge in [-0.25, -0.2) is 14.2 Å². The van der Waals surface area contributed by atoms with Crippen molar-refractivity contribution < 1.29 is 18.7 Å². The lowest BCUT2D eigenvalue weighted by atomic mass is 9.98. The Bertz CT molecular complexity index is 944. The molecule has 7 nitrogen and oxygen atoms in total. The number of nitrogens with zero attached hydrogens (tertiary/aromatic N) is 3. The van der Waals surface area contributed by atoms with Gasteiger partial charge < -0.3 is 15.0 Å². The van der Waals surface area contributed by atoms with Gasteiger partial charge in [-0.3, -0.25) is 4.79 Å². The molecule has 0 unspecified atom stereocenters. The van der Waals surface area contributed by atoms with Gasteiger partial charge in [-0.1, -0.05) is 31.2 Å². The highest BCUT2D eigenvalue weighted by atomic mass is 19.1. The number of hydrazone groups is 1. The Morgan fingerprint density at radius 1 is 1.19 bits per heavy atom. The Balaban J connectivity index is 1.84. The molecule has 1 aliphatic rings. The number of ether oxygens (including phenoxy) is 1. The first kappa shape index (κ1) is 22.3. The van der Waals surface area contributed by atoms with Crippen LogP contribution in [-0.4, -0.2) is 54.8 Å². The van der Waals surface area contributed by atoms with E-state index in [-0.39, 0.29) is 30.3 Å². The van der Waals surface area contributed by atoms with Gasteiger partial charge >= 0.3 is 6.03 Å². The van der Waals surface area contributed by atoms with Crippen LogP contribution in [0.15, 0.2) is 53.6 Å². The van der Waals surface area contributed by atoms with E-state index in [0.29, 0.717) is 24.4 Å². The van der Waals surface area contributed by atoms with Crippen molar-refractivity contribution in [3.8, 4) is 5.75 Å². The van der Waals surface area contributed by atoms with E-state index < -0.39 is 0 Å². The number of hydrogen-bond donors (Lipinski definition) is 1. The molecule has 0 aromatic heterocycles. The first-order valence-electron chi connectivity index (χ1n) is 10.2. The second kappa shape index (κ2) is 10.1. The number of rotatable bonds is 7. The summed E-state index contributed by atoms with van der Waals surface area (Å²) < 4.78 is 18.6. The molecule has 2 aromatic carbocycles. The van der Waals surface area contributed by atoms with Crippen LogP contribution in [-0.2, 0) is 4.79 Å². The van der Waals surface area contributed by atoms with E-state index in [1.807, 2.05) is 31.2 Å². The molecule has 0 saturated carbocycles. The van der Waals surface area contributed by atoms with E-state index in [2.05, 4.69) is 10.4 Å². The maximum atomic E-state index is 13.3. The fraction of sp³-hybridized carbons (Fsp3) is 0.348. The van der Waals surface area contributed by atoms with Crippen molar-refractivity contribution in [2.75, 3.05) is 27.2 Å². The Kier molecular flexibility index (Phi) is 7.23. The topological polar surface area (TPSA) is 74.2 Å². The number of urea groups is 1. The molecular weight excluding hydrogens is 399 g/mol. The van der Waals surface area contributed by atoms with Gasteiger partial charge in [0.1, 0.15) is 18.1 Å². The molecule has 164 valence electrons. The van der Waals surface area contributed by atoms with Crippen molar-refractivity contribution in [1.82, 2.24) is 15.2 Å². The van der Waals surface area contributed by atoms with Crippen LogP contribution >= 0.6 is 0 Å². The zero-order chi connectivity index (χ0) is 22.4. The molecule has 0 bridgehead atoms. The molecule has 2 aromatic rings. The summed E-state index contributed by atoms with van der Waals surface area (Å²) in [6, 6.07) is 12.9. The Morgan fingerprint density at radius 3 is 2.48 bits per heavy atom. The number of likely N-dealkylation sites (N-methyl/N-ethyl adjacent to an activating group) is 1. The van der Waals surface area contributed by atoms with E-state index in [4.69, 9.17) is 4.74 Å². The van der Waals surface area contributed by atoms with Gasteiger partial charge in [0, 0.05) is 20.0 Å². The first-order valence-corrected chi connectivity index (χ1v) is 10.2. The van der Waals surface area contributed by atoms with Crippen molar-refractivity contribution in [1.29, 1.82) is 0 Å². The summed E-state index contributed by atoms with van der Waals surface area (Å²) >= 11 is 0. The lowest BCUT2D eigenvalue weighted by Crippen LogP contribution is -2.43. The number of methoxy groups -OCH3 is 1. The SMILES string of the molecule is CCCNC(=O)N(C)CC(=O)N1N=C(c2ccc(F)cc2)C[C@H]1c1ccc(OC)cc1. The number of halogens is 1. The molecule has 0 fully saturated rings. The van der Waals surface area contributed by atoms with Gasteiger partial charge in [0.2, 0.25) is 0 Å².